The zero-order valence-corrected chi connectivity index (χ0v) is 24.2. The monoisotopic (exact) mass is 531 g/mol. The zero-order chi connectivity index (χ0) is 27.4. The van der Waals surface area contributed by atoms with Crippen molar-refractivity contribution in [3.8, 4) is 0 Å². The number of amides is 1. The van der Waals surface area contributed by atoms with Gasteiger partial charge >= 0.3 is 0 Å². The second kappa shape index (κ2) is 12.0. The Morgan fingerprint density at radius 3 is 1.95 bits per heavy atom. The van der Waals surface area contributed by atoms with E-state index >= 15 is 0 Å². The highest BCUT2D eigenvalue weighted by Crippen LogP contribution is 2.41. The van der Waals surface area contributed by atoms with Crippen LogP contribution in [0.4, 0.5) is 0 Å². The molecule has 0 unspecified atom stereocenters. The van der Waals surface area contributed by atoms with Gasteiger partial charge in [0.25, 0.3) is 5.91 Å². The number of likely N-dealkylation sites (tertiary alicyclic amines) is 2. The number of carbonyl (C=O) groups is 1. The summed E-state index contributed by atoms with van der Waals surface area (Å²) in [6.45, 7) is 11.0. The summed E-state index contributed by atoms with van der Waals surface area (Å²) in [5.74, 6) is 2.22. The molecule has 210 valence electrons. The van der Waals surface area contributed by atoms with Crippen molar-refractivity contribution in [1.82, 2.24) is 33.8 Å². The molecule has 0 bridgehead atoms. The standard InChI is InChI=1S/C31H45N7O/c1-5-27(6-2)37-16-11-31(12-17-37)13-18-38(24-31)30(39)26-9-7-25(8-10-26)21-36(22-28-32-14-19-34(28)3)23-29-33-15-20-35(29)4/h7-10,14-15,19-20,27H,5-6,11-13,16-18,21-24H2,1-4H3. The van der Waals surface area contributed by atoms with Gasteiger partial charge in [-0.25, -0.2) is 9.97 Å². The van der Waals surface area contributed by atoms with Gasteiger partial charge in [-0.1, -0.05) is 26.0 Å². The van der Waals surface area contributed by atoms with Gasteiger partial charge in [-0.05, 0) is 68.3 Å². The van der Waals surface area contributed by atoms with E-state index in [1.807, 2.05) is 51.0 Å². The van der Waals surface area contributed by atoms with Gasteiger partial charge in [0.2, 0.25) is 0 Å². The van der Waals surface area contributed by atoms with Crippen LogP contribution in [0.2, 0.25) is 0 Å². The molecule has 2 saturated heterocycles. The van der Waals surface area contributed by atoms with E-state index in [0.717, 1.165) is 56.4 Å². The van der Waals surface area contributed by atoms with Crippen LogP contribution in [0.15, 0.2) is 49.1 Å². The number of carbonyl (C=O) groups excluding carboxylic acids is 1. The molecule has 0 aliphatic carbocycles. The SMILES string of the molecule is CCC(CC)N1CCC2(CCN(C(=O)c3ccc(CN(Cc4nccn4C)Cc4nccn4C)cc3)C2)CC1. The molecule has 39 heavy (non-hydrogen) atoms. The lowest BCUT2D eigenvalue weighted by Gasteiger charge is -2.42. The molecule has 1 amide bonds. The summed E-state index contributed by atoms with van der Waals surface area (Å²) in [6.07, 6.45) is 13.7. The van der Waals surface area contributed by atoms with Crippen molar-refractivity contribution in [2.24, 2.45) is 19.5 Å². The van der Waals surface area contributed by atoms with Crippen LogP contribution in [-0.4, -0.2) is 71.9 Å². The molecule has 8 heteroatoms. The Labute approximate surface area is 233 Å². The third kappa shape index (κ3) is 6.28. The number of aromatic nitrogens is 4. The molecule has 4 heterocycles. The fourth-order valence-corrected chi connectivity index (χ4v) is 6.54. The minimum absolute atomic E-state index is 0.179. The molecule has 0 saturated carbocycles. The van der Waals surface area contributed by atoms with Crippen LogP contribution in [0.3, 0.4) is 0 Å². The predicted octanol–water partition coefficient (Wildman–Crippen LogP) is 4.47. The number of piperidine rings is 1. The van der Waals surface area contributed by atoms with E-state index in [-0.39, 0.29) is 5.91 Å². The average molecular weight is 532 g/mol. The van der Waals surface area contributed by atoms with Crippen LogP contribution >= 0.6 is 0 Å². The summed E-state index contributed by atoms with van der Waals surface area (Å²) < 4.78 is 4.12. The molecule has 1 spiro atoms. The van der Waals surface area contributed by atoms with Gasteiger partial charge < -0.3 is 18.9 Å². The number of nitrogens with zero attached hydrogens (tertiary/aromatic N) is 7. The van der Waals surface area contributed by atoms with E-state index in [2.05, 4.69) is 59.8 Å². The summed E-state index contributed by atoms with van der Waals surface area (Å²) >= 11 is 0. The van der Waals surface area contributed by atoms with E-state index in [0.29, 0.717) is 11.5 Å². The van der Waals surface area contributed by atoms with Crippen LogP contribution in [0, 0.1) is 5.41 Å². The summed E-state index contributed by atoms with van der Waals surface area (Å²) in [6, 6.07) is 8.95. The highest BCUT2D eigenvalue weighted by Gasteiger charge is 2.42. The van der Waals surface area contributed by atoms with Crippen LogP contribution in [0.1, 0.15) is 73.5 Å². The quantitative estimate of drug-likeness (QED) is 0.386. The topological polar surface area (TPSA) is 62.4 Å². The molecule has 3 aromatic rings. The molecule has 5 rings (SSSR count). The first-order chi connectivity index (χ1) is 18.9. The summed E-state index contributed by atoms with van der Waals surface area (Å²) in [4.78, 5) is 29.6. The maximum absolute atomic E-state index is 13.5. The fraction of sp³-hybridized carbons (Fsp3) is 0.581. The first kappa shape index (κ1) is 27.6. The van der Waals surface area contributed by atoms with Crippen molar-refractivity contribution < 1.29 is 4.79 Å². The maximum Gasteiger partial charge on any atom is 0.253 e. The number of aryl methyl sites for hydroxylation is 2. The molecule has 8 nitrogen and oxygen atoms in total. The second-order valence-electron chi connectivity index (χ2n) is 11.7. The van der Waals surface area contributed by atoms with Crippen LogP contribution in [0.5, 0.6) is 0 Å². The molecular formula is C31H45N7O. The average Bonchev–Trinajstić information content (AvgIpc) is 3.67. The van der Waals surface area contributed by atoms with E-state index < -0.39 is 0 Å². The van der Waals surface area contributed by atoms with Crippen molar-refractivity contribution in [2.75, 3.05) is 26.2 Å². The van der Waals surface area contributed by atoms with Crippen molar-refractivity contribution >= 4 is 5.91 Å². The molecule has 2 aromatic heterocycles. The smallest absolute Gasteiger partial charge is 0.253 e. The Kier molecular flexibility index (Phi) is 8.52. The van der Waals surface area contributed by atoms with Gasteiger partial charge in [0.05, 0.1) is 13.1 Å². The highest BCUT2D eigenvalue weighted by atomic mass is 16.2. The Morgan fingerprint density at radius 1 is 0.872 bits per heavy atom. The summed E-state index contributed by atoms with van der Waals surface area (Å²) in [7, 11) is 4.06. The second-order valence-corrected chi connectivity index (χ2v) is 11.7. The first-order valence-electron chi connectivity index (χ1n) is 14.7. The maximum atomic E-state index is 13.5. The largest absolute Gasteiger partial charge is 0.338 e. The minimum atomic E-state index is 0.179. The Morgan fingerprint density at radius 2 is 1.44 bits per heavy atom. The molecule has 0 atom stereocenters. The Bertz CT molecular complexity index is 1180. The van der Waals surface area contributed by atoms with E-state index in [4.69, 9.17) is 0 Å². The van der Waals surface area contributed by atoms with Gasteiger partial charge in [0.15, 0.2) is 0 Å². The van der Waals surface area contributed by atoms with Gasteiger partial charge in [-0.3, -0.25) is 9.69 Å². The molecular weight excluding hydrogens is 486 g/mol. The summed E-state index contributed by atoms with van der Waals surface area (Å²) in [5, 5.41) is 0. The van der Waals surface area contributed by atoms with Gasteiger partial charge in [0, 0.05) is 70.1 Å². The lowest BCUT2D eigenvalue weighted by Crippen LogP contribution is -2.46. The Balaban J connectivity index is 1.20. The van der Waals surface area contributed by atoms with E-state index in [9.17, 15) is 4.79 Å². The van der Waals surface area contributed by atoms with Crippen LogP contribution in [-0.2, 0) is 33.7 Å². The van der Waals surface area contributed by atoms with Crippen LogP contribution in [0.25, 0.3) is 0 Å². The van der Waals surface area contributed by atoms with Crippen molar-refractivity contribution in [3.63, 3.8) is 0 Å². The zero-order valence-electron chi connectivity index (χ0n) is 24.2. The van der Waals surface area contributed by atoms with Crippen molar-refractivity contribution in [3.05, 3.63) is 71.8 Å². The lowest BCUT2D eigenvalue weighted by molar-refractivity contribution is 0.0629. The van der Waals surface area contributed by atoms with Crippen molar-refractivity contribution in [1.29, 1.82) is 0 Å². The minimum Gasteiger partial charge on any atom is -0.338 e. The third-order valence-corrected chi connectivity index (χ3v) is 9.22. The van der Waals surface area contributed by atoms with Crippen LogP contribution < -0.4 is 0 Å². The fourth-order valence-electron chi connectivity index (χ4n) is 6.54. The van der Waals surface area contributed by atoms with Crippen molar-refractivity contribution in [2.45, 2.75) is 71.6 Å². The molecule has 0 N–H and O–H groups in total. The predicted molar refractivity (Wildman–Crippen MR) is 154 cm³/mol. The molecule has 1 aromatic carbocycles. The molecule has 2 fully saturated rings. The first-order valence-corrected chi connectivity index (χ1v) is 14.7. The molecule has 0 radical (unpaired) electrons. The number of imidazole rings is 2. The van der Waals surface area contributed by atoms with E-state index in [1.54, 1.807) is 0 Å². The van der Waals surface area contributed by atoms with Gasteiger partial charge in [-0.15, -0.1) is 0 Å². The lowest BCUT2D eigenvalue weighted by atomic mass is 9.77. The molecule has 2 aliphatic heterocycles. The van der Waals surface area contributed by atoms with Gasteiger partial charge in [0.1, 0.15) is 11.6 Å². The number of hydrogen-bond donors (Lipinski definition) is 0. The number of hydrogen-bond acceptors (Lipinski definition) is 5. The third-order valence-electron chi connectivity index (χ3n) is 9.22. The van der Waals surface area contributed by atoms with Gasteiger partial charge in [-0.2, -0.15) is 0 Å². The number of rotatable bonds is 10. The molecule has 2 aliphatic rings. The summed E-state index contributed by atoms with van der Waals surface area (Å²) in [5.41, 5.74) is 2.29. The number of benzene rings is 1. The Hall–Kier alpha value is -2.97. The van der Waals surface area contributed by atoms with E-state index in [1.165, 1.54) is 44.3 Å². The highest BCUT2D eigenvalue weighted by molar-refractivity contribution is 5.94. The normalized spacial score (nSPS) is 17.6.